The number of carbonyl (C=O) groups excluding carboxylic acids is 1. The number of hydrogen-bond acceptors (Lipinski definition) is 4. The van der Waals surface area contributed by atoms with E-state index < -0.39 is 0 Å². The standard InChI is InChI=1S/C21H35N3O2/c1-16-7-8-19-18(11-16)13-24(12-17(2)26-19)10-9-20(25)22-14-21(3,4)15-23(5)6/h7-8,11,17H,9-10,12-15H2,1-6H3,(H,22,25). The third-order valence-electron chi connectivity index (χ3n) is 4.62. The zero-order valence-corrected chi connectivity index (χ0v) is 17.3. The van der Waals surface area contributed by atoms with Gasteiger partial charge >= 0.3 is 0 Å². The van der Waals surface area contributed by atoms with Crippen LogP contribution in [0.5, 0.6) is 5.75 Å². The highest BCUT2D eigenvalue weighted by Crippen LogP contribution is 2.26. The van der Waals surface area contributed by atoms with E-state index >= 15 is 0 Å². The van der Waals surface area contributed by atoms with E-state index in [4.69, 9.17) is 4.74 Å². The molecule has 1 aliphatic heterocycles. The van der Waals surface area contributed by atoms with Crippen molar-refractivity contribution in [2.45, 2.75) is 46.8 Å². The summed E-state index contributed by atoms with van der Waals surface area (Å²) in [5.74, 6) is 1.10. The lowest BCUT2D eigenvalue weighted by atomic mass is 9.93. The summed E-state index contributed by atoms with van der Waals surface area (Å²) in [5, 5.41) is 3.10. The Hall–Kier alpha value is -1.59. The van der Waals surface area contributed by atoms with Crippen molar-refractivity contribution in [3.63, 3.8) is 0 Å². The number of carbonyl (C=O) groups is 1. The second-order valence-electron chi connectivity index (χ2n) is 8.70. The van der Waals surface area contributed by atoms with E-state index in [1.165, 1.54) is 11.1 Å². The van der Waals surface area contributed by atoms with Gasteiger partial charge in [-0.1, -0.05) is 31.5 Å². The van der Waals surface area contributed by atoms with Gasteiger partial charge in [-0.05, 0) is 39.4 Å². The summed E-state index contributed by atoms with van der Waals surface area (Å²) in [6, 6.07) is 6.33. The quantitative estimate of drug-likeness (QED) is 0.811. The Balaban J connectivity index is 1.85. The normalized spacial score (nSPS) is 18.2. The van der Waals surface area contributed by atoms with E-state index in [0.717, 1.165) is 31.9 Å². The monoisotopic (exact) mass is 361 g/mol. The van der Waals surface area contributed by atoms with Crippen molar-refractivity contribution in [2.75, 3.05) is 40.3 Å². The van der Waals surface area contributed by atoms with E-state index in [-0.39, 0.29) is 17.4 Å². The molecule has 1 aliphatic rings. The van der Waals surface area contributed by atoms with Gasteiger partial charge in [0.05, 0.1) is 0 Å². The summed E-state index contributed by atoms with van der Waals surface area (Å²) in [6.45, 7) is 12.6. The van der Waals surface area contributed by atoms with Crippen LogP contribution in [0.15, 0.2) is 18.2 Å². The molecule has 0 aromatic heterocycles. The van der Waals surface area contributed by atoms with Gasteiger partial charge in [0.25, 0.3) is 0 Å². The van der Waals surface area contributed by atoms with Crippen molar-refractivity contribution in [1.82, 2.24) is 15.1 Å². The summed E-state index contributed by atoms with van der Waals surface area (Å²) < 4.78 is 6.03. The largest absolute Gasteiger partial charge is 0.489 e. The molecule has 1 aromatic carbocycles. The summed E-state index contributed by atoms with van der Waals surface area (Å²) in [4.78, 5) is 16.8. The van der Waals surface area contributed by atoms with Crippen LogP contribution in [0.4, 0.5) is 0 Å². The summed E-state index contributed by atoms with van der Waals surface area (Å²) in [7, 11) is 4.12. The molecule has 1 aromatic rings. The van der Waals surface area contributed by atoms with Crippen LogP contribution >= 0.6 is 0 Å². The van der Waals surface area contributed by atoms with Crippen LogP contribution in [0, 0.1) is 12.3 Å². The molecule has 0 saturated heterocycles. The maximum atomic E-state index is 12.3. The van der Waals surface area contributed by atoms with Crippen LogP contribution in [-0.2, 0) is 11.3 Å². The number of hydrogen-bond donors (Lipinski definition) is 1. The van der Waals surface area contributed by atoms with E-state index in [1.54, 1.807) is 0 Å². The van der Waals surface area contributed by atoms with Gasteiger partial charge in [0.15, 0.2) is 0 Å². The van der Waals surface area contributed by atoms with Gasteiger partial charge in [-0.3, -0.25) is 9.69 Å². The van der Waals surface area contributed by atoms with Crippen LogP contribution in [-0.4, -0.2) is 62.1 Å². The molecule has 2 rings (SSSR count). The smallest absolute Gasteiger partial charge is 0.221 e. The molecule has 1 heterocycles. The molecule has 0 aliphatic carbocycles. The Morgan fingerprint density at radius 3 is 2.81 bits per heavy atom. The van der Waals surface area contributed by atoms with Gasteiger partial charge in [0.2, 0.25) is 5.91 Å². The van der Waals surface area contributed by atoms with Crippen molar-refractivity contribution in [2.24, 2.45) is 5.41 Å². The van der Waals surface area contributed by atoms with Crippen molar-refractivity contribution < 1.29 is 9.53 Å². The number of ether oxygens (including phenoxy) is 1. The van der Waals surface area contributed by atoms with Crippen LogP contribution in [0.1, 0.15) is 38.3 Å². The lowest BCUT2D eigenvalue weighted by molar-refractivity contribution is -0.122. The zero-order chi connectivity index (χ0) is 19.3. The molecule has 1 N–H and O–H groups in total. The predicted octanol–water partition coefficient (Wildman–Crippen LogP) is 2.67. The molecule has 0 radical (unpaired) electrons. The second-order valence-corrected chi connectivity index (χ2v) is 8.70. The van der Waals surface area contributed by atoms with Gasteiger partial charge < -0.3 is 15.0 Å². The minimum absolute atomic E-state index is 0.0700. The highest BCUT2D eigenvalue weighted by Gasteiger charge is 2.22. The van der Waals surface area contributed by atoms with Crippen molar-refractivity contribution in [1.29, 1.82) is 0 Å². The van der Waals surface area contributed by atoms with E-state index in [2.05, 4.69) is 75.1 Å². The van der Waals surface area contributed by atoms with Gasteiger partial charge in [0, 0.05) is 44.7 Å². The molecule has 1 atom stereocenters. The number of nitrogens with one attached hydrogen (secondary N) is 1. The fourth-order valence-corrected chi connectivity index (χ4v) is 3.64. The Bertz CT molecular complexity index is 613. The average Bonchev–Trinajstić information content (AvgIpc) is 2.67. The summed E-state index contributed by atoms with van der Waals surface area (Å²) in [5.41, 5.74) is 2.52. The Kier molecular flexibility index (Phi) is 7.07. The fraction of sp³-hybridized carbons (Fsp3) is 0.667. The van der Waals surface area contributed by atoms with Gasteiger partial charge in [-0.2, -0.15) is 0 Å². The molecule has 0 fully saturated rings. The van der Waals surface area contributed by atoms with Crippen LogP contribution in [0.3, 0.4) is 0 Å². The number of amides is 1. The number of fused-ring (bicyclic) bond motifs is 1. The first-order chi connectivity index (χ1) is 12.1. The SMILES string of the molecule is Cc1ccc2c(c1)CN(CCC(=O)NCC(C)(C)CN(C)C)CC(C)O2. The maximum absolute atomic E-state index is 12.3. The molecule has 1 unspecified atom stereocenters. The Labute approximate surface area is 158 Å². The van der Waals surface area contributed by atoms with Gasteiger partial charge in [-0.25, -0.2) is 0 Å². The molecular formula is C21H35N3O2. The number of rotatable bonds is 7. The number of benzene rings is 1. The lowest BCUT2D eigenvalue weighted by Gasteiger charge is -2.28. The molecule has 0 bridgehead atoms. The van der Waals surface area contributed by atoms with Crippen molar-refractivity contribution in [3.8, 4) is 5.75 Å². The van der Waals surface area contributed by atoms with E-state index in [9.17, 15) is 4.79 Å². The first kappa shape index (κ1) is 20.7. The third-order valence-corrected chi connectivity index (χ3v) is 4.62. The molecular weight excluding hydrogens is 326 g/mol. The minimum Gasteiger partial charge on any atom is -0.489 e. The summed E-state index contributed by atoms with van der Waals surface area (Å²) in [6.07, 6.45) is 0.646. The van der Waals surface area contributed by atoms with Crippen LogP contribution in [0.25, 0.3) is 0 Å². The number of aryl methyl sites for hydroxylation is 1. The van der Waals surface area contributed by atoms with Crippen LogP contribution < -0.4 is 10.1 Å². The number of nitrogens with zero attached hydrogens (tertiary/aromatic N) is 2. The molecule has 146 valence electrons. The molecule has 0 saturated carbocycles. The first-order valence-corrected chi connectivity index (χ1v) is 9.54. The first-order valence-electron chi connectivity index (χ1n) is 9.54. The topological polar surface area (TPSA) is 44.8 Å². The molecule has 1 amide bonds. The van der Waals surface area contributed by atoms with Crippen molar-refractivity contribution >= 4 is 5.91 Å². The Morgan fingerprint density at radius 1 is 1.38 bits per heavy atom. The molecule has 0 spiro atoms. The third kappa shape index (κ3) is 6.61. The average molecular weight is 362 g/mol. The maximum Gasteiger partial charge on any atom is 0.221 e. The van der Waals surface area contributed by atoms with Gasteiger partial charge in [-0.15, -0.1) is 0 Å². The molecule has 26 heavy (non-hydrogen) atoms. The van der Waals surface area contributed by atoms with Crippen molar-refractivity contribution in [3.05, 3.63) is 29.3 Å². The predicted molar refractivity (Wildman–Crippen MR) is 107 cm³/mol. The second kappa shape index (κ2) is 8.87. The summed E-state index contributed by atoms with van der Waals surface area (Å²) >= 11 is 0. The fourth-order valence-electron chi connectivity index (χ4n) is 3.64. The zero-order valence-electron chi connectivity index (χ0n) is 17.3. The highest BCUT2D eigenvalue weighted by molar-refractivity contribution is 5.76. The minimum atomic E-state index is 0.0700. The molecule has 5 heteroatoms. The van der Waals surface area contributed by atoms with E-state index in [1.807, 2.05) is 0 Å². The molecule has 5 nitrogen and oxygen atoms in total. The Morgan fingerprint density at radius 2 is 2.12 bits per heavy atom. The van der Waals surface area contributed by atoms with Crippen LogP contribution in [0.2, 0.25) is 0 Å². The van der Waals surface area contributed by atoms with E-state index in [0.29, 0.717) is 13.0 Å². The highest BCUT2D eigenvalue weighted by atomic mass is 16.5. The van der Waals surface area contributed by atoms with Gasteiger partial charge in [0.1, 0.15) is 11.9 Å². The lowest BCUT2D eigenvalue weighted by Crippen LogP contribution is -2.41.